The topological polar surface area (TPSA) is 173 Å². The quantitative estimate of drug-likeness (QED) is 0.0430. The summed E-state index contributed by atoms with van der Waals surface area (Å²) in [6.45, 7) is 2.79. The van der Waals surface area contributed by atoms with Crippen LogP contribution in [-0.2, 0) is 28.2 Å². The molecule has 5 aromatic carbocycles. The molecule has 1 aliphatic rings. The number of aromatic nitrogens is 1. The number of ether oxygens (including phenoxy) is 2. The third-order valence-corrected chi connectivity index (χ3v) is 11.3. The summed E-state index contributed by atoms with van der Waals surface area (Å²) in [6.07, 6.45) is 0.921. The fourth-order valence-electron chi connectivity index (χ4n) is 7.81. The van der Waals surface area contributed by atoms with E-state index in [0.29, 0.717) is 28.7 Å². The highest BCUT2D eigenvalue weighted by Crippen LogP contribution is 2.34. The molecule has 63 heavy (non-hydrogen) atoms. The number of aliphatic hydroxyl groups excluding tert-OH is 1. The highest BCUT2D eigenvalue weighted by atomic mass is 19.2. The van der Waals surface area contributed by atoms with Crippen LogP contribution in [0, 0.1) is 17.6 Å². The Morgan fingerprint density at radius 1 is 0.873 bits per heavy atom. The van der Waals surface area contributed by atoms with E-state index in [1.807, 2.05) is 18.2 Å². The Morgan fingerprint density at radius 2 is 1.60 bits per heavy atom. The Morgan fingerprint density at radius 3 is 2.37 bits per heavy atom. The SMILES string of the molecule is O=C(NCCCOc1cccc([C@](O)(C(=O)OCC2CCN(Cc3ccccc3)CC2)c2ccccc2)c1)c1ccc(CNC[C@H](O)c2ccc(O)c3[nH]c(=O)ccc23)c(F)c1F. The lowest BCUT2D eigenvalue weighted by molar-refractivity contribution is -0.164. The van der Waals surface area contributed by atoms with Gasteiger partial charge in [-0.1, -0.05) is 84.9 Å². The first-order valence-corrected chi connectivity index (χ1v) is 20.9. The smallest absolute Gasteiger partial charge is 0.347 e. The van der Waals surface area contributed by atoms with Crippen LogP contribution in [-0.4, -0.2) is 76.5 Å². The number of pyridine rings is 1. The maximum absolute atomic E-state index is 15.1. The molecule has 7 rings (SSSR count). The number of amides is 1. The molecule has 1 saturated heterocycles. The number of aromatic hydroxyl groups is 1. The van der Waals surface area contributed by atoms with E-state index in [4.69, 9.17) is 9.47 Å². The van der Waals surface area contributed by atoms with E-state index >= 15 is 8.78 Å². The molecular formula is C49H50F2N4O8. The summed E-state index contributed by atoms with van der Waals surface area (Å²) < 4.78 is 41.9. The van der Waals surface area contributed by atoms with Crippen molar-refractivity contribution in [3.8, 4) is 11.5 Å². The average Bonchev–Trinajstić information content (AvgIpc) is 3.30. The van der Waals surface area contributed by atoms with Crippen LogP contribution in [0.1, 0.15) is 63.5 Å². The number of nitrogens with zero attached hydrogens (tertiary/aromatic N) is 1. The Bertz CT molecular complexity index is 2570. The van der Waals surface area contributed by atoms with E-state index in [1.165, 1.54) is 42.0 Å². The van der Waals surface area contributed by atoms with Gasteiger partial charge in [0, 0.05) is 48.8 Å². The van der Waals surface area contributed by atoms with Crippen molar-refractivity contribution in [2.45, 2.75) is 44.1 Å². The van der Waals surface area contributed by atoms with E-state index in [-0.39, 0.29) is 61.2 Å². The standard InChI is InChI=1S/C49H50F2N4O8/c50-44-34(28-52-29-42(57)38-17-19-41(56)46-39(38)18-20-43(58)54-46)15-16-40(45(44)51)47(59)53-23-8-26-62-37-14-7-13-36(27-37)49(61,35-11-5-2-6-12-35)48(60)63-31-33-21-24-55(25-22-33)30-32-9-3-1-4-10-32/h1-7,9-20,27,33,42,52,56-57,61H,8,21-26,28-31H2,(H,53,59)(H,54,58)/t42-,49-/m0/s1. The van der Waals surface area contributed by atoms with E-state index in [2.05, 4.69) is 32.7 Å². The van der Waals surface area contributed by atoms with Crippen LogP contribution in [0.4, 0.5) is 8.78 Å². The largest absolute Gasteiger partial charge is 0.506 e. The molecule has 6 aromatic rings. The number of carbonyl (C=O) groups excluding carboxylic acids is 2. The molecular weight excluding hydrogens is 811 g/mol. The number of aromatic amines is 1. The van der Waals surface area contributed by atoms with Gasteiger partial charge in [0.1, 0.15) is 11.5 Å². The number of rotatable bonds is 18. The molecule has 6 N–H and O–H groups in total. The van der Waals surface area contributed by atoms with Gasteiger partial charge < -0.3 is 40.4 Å². The number of hydrogen-bond acceptors (Lipinski definition) is 10. The molecule has 0 radical (unpaired) electrons. The molecule has 0 unspecified atom stereocenters. The minimum Gasteiger partial charge on any atom is -0.506 e. The van der Waals surface area contributed by atoms with Gasteiger partial charge in [-0.3, -0.25) is 14.5 Å². The second kappa shape index (κ2) is 20.6. The summed E-state index contributed by atoms with van der Waals surface area (Å²) in [5.41, 5.74) is -0.618. The molecule has 12 nitrogen and oxygen atoms in total. The van der Waals surface area contributed by atoms with Crippen LogP contribution in [0.5, 0.6) is 11.5 Å². The van der Waals surface area contributed by atoms with E-state index in [0.717, 1.165) is 32.5 Å². The molecule has 2 atom stereocenters. The number of phenols is 1. The first-order chi connectivity index (χ1) is 30.5. The second-order valence-electron chi connectivity index (χ2n) is 15.7. The van der Waals surface area contributed by atoms with E-state index in [9.17, 15) is 29.7 Å². The highest BCUT2D eigenvalue weighted by Gasteiger charge is 2.42. The summed E-state index contributed by atoms with van der Waals surface area (Å²) in [4.78, 5) is 43.3. The van der Waals surface area contributed by atoms with Crippen molar-refractivity contribution < 1.29 is 43.2 Å². The van der Waals surface area contributed by atoms with Gasteiger partial charge in [0.2, 0.25) is 11.2 Å². The molecule has 0 saturated carbocycles. The van der Waals surface area contributed by atoms with Gasteiger partial charge in [0.15, 0.2) is 11.6 Å². The lowest BCUT2D eigenvalue weighted by Gasteiger charge is -2.33. The number of esters is 1. The lowest BCUT2D eigenvalue weighted by Crippen LogP contribution is -2.40. The molecule has 0 bridgehead atoms. The van der Waals surface area contributed by atoms with Crippen LogP contribution in [0.15, 0.2) is 126 Å². The number of nitrogens with one attached hydrogen (secondary N) is 3. The Kier molecular flexibility index (Phi) is 14.6. The van der Waals surface area contributed by atoms with Crippen molar-refractivity contribution in [2.24, 2.45) is 5.92 Å². The zero-order valence-corrected chi connectivity index (χ0v) is 34.6. The highest BCUT2D eigenvalue weighted by molar-refractivity contribution is 5.94. The van der Waals surface area contributed by atoms with Gasteiger partial charge in [0.05, 0.1) is 30.4 Å². The van der Waals surface area contributed by atoms with Gasteiger partial charge in [-0.15, -0.1) is 0 Å². The van der Waals surface area contributed by atoms with Crippen molar-refractivity contribution in [1.82, 2.24) is 20.5 Å². The Labute approximate surface area is 363 Å². The average molecular weight is 861 g/mol. The van der Waals surface area contributed by atoms with Crippen molar-refractivity contribution in [3.63, 3.8) is 0 Å². The van der Waals surface area contributed by atoms with Crippen LogP contribution in [0.2, 0.25) is 0 Å². The zero-order valence-electron chi connectivity index (χ0n) is 34.6. The fourth-order valence-corrected chi connectivity index (χ4v) is 7.81. The van der Waals surface area contributed by atoms with Gasteiger partial charge in [-0.05, 0) is 85.3 Å². The van der Waals surface area contributed by atoms with Gasteiger partial charge >= 0.3 is 5.97 Å². The summed E-state index contributed by atoms with van der Waals surface area (Å²) in [6, 6.07) is 33.5. The molecule has 1 aromatic heterocycles. The monoisotopic (exact) mass is 860 g/mol. The molecule has 1 fully saturated rings. The third-order valence-electron chi connectivity index (χ3n) is 11.3. The van der Waals surface area contributed by atoms with Crippen LogP contribution < -0.4 is 20.9 Å². The fraction of sp³-hybridized carbons (Fsp3) is 0.286. The second-order valence-corrected chi connectivity index (χ2v) is 15.7. The summed E-state index contributed by atoms with van der Waals surface area (Å²) in [5, 5.41) is 38.9. The number of phenolic OH excluding ortho intramolecular Hbond substituents is 1. The minimum atomic E-state index is -2.11. The zero-order chi connectivity index (χ0) is 44.3. The first kappa shape index (κ1) is 44.6. The van der Waals surface area contributed by atoms with E-state index in [1.54, 1.807) is 54.6 Å². The van der Waals surface area contributed by atoms with Crippen molar-refractivity contribution >= 4 is 22.8 Å². The maximum Gasteiger partial charge on any atom is 0.347 e. The van der Waals surface area contributed by atoms with Crippen LogP contribution in [0.25, 0.3) is 10.9 Å². The summed E-state index contributed by atoms with van der Waals surface area (Å²) >= 11 is 0. The van der Waals surface area contributed by atoms with Gasteiger partial charge in [-0.2, -0.15) is 0 Å². The molecule has 2 heterocycles. The Hall–Kier alpha value is -6.45. The van der Waals surface area contributed by atoms with Crippen molar-refractivity contribution in [3.05, 3.63) is 177 Å². The maximum atomic E-state index is 15.1. The van der Waals surface area contributed by atoms with Crippen LogP contribution in [0.3, 0.4) is 0 Å². The predicted octanol–water partition coefficient (Wildman–Crippen LogP) is 6.23. The van der Waals surface area contributed by atoms with E-state index < -0.39 is 46.3 Å². The number of piperidine rings is 1. The number of halogens is 2. The van der Waals surface area contributed by atoms with Gasteiger partial charge in [-0.25, -0.2) is 13.6 Å². The Balaban J connectivity index is 0.883. The van der Waals surface area contributed by atoms with Crippen molar-refractivity contribution in [2.75, 3.05) is 39.4 Å². The molecule has 1 amide bonds. The number of benzene rings is 5. The number of aliphatic hydroxyl groups is 2. The number of fused-ring (bicyclic) bond motifs is 1. The van der Waals surface area contributed by atoms with Crippen LogP contribution >= 0.6 is 0 Å². The lowest BCUT2D eigenvalue weighted by atomic mass is 9.86. The first-order valence-electron chi connectivity index (χ1n) is 20.9. The molecule has 328 valence electrons. The van der Waals surface area contributed by atoms with Crippen molar-refractivity contribution in [1.29, 1.82) is 0 Å². The minimum absolute atomic E-state index is 0.0605. The predicted molar refractivity (Wildman–Crippen MR) is 233 cm³/mol. The summed E-state index contributed by atoms with van der Waals surface area (Å²) in [5.74, 6) is -3.75. The van der Waals surface area contributed by atoms with Gasteiger partial charge in [0.25, 0.3) is 5.91 Å². The number of hydrogen-bond donors (Lipinski definition) is 6. The molecule has 1 aliphatic heterocycles. The number of likely N-dealkylation sites (tertiary alicyclic amines) is 1. The molecule has 0 spiro atoms. The number of carbonyl (C=O) groups is 2. The normalized spacial score (nSPS) is 14.8. The number of H-pyrrole nitrogens is 1. The molecule has 14 heteroatoms. The third kappa shape index (κ3) is 10.8. The summed E-state index contributed by atoms with van der Waals surface area (Å²) in [7, 11) is 0. The molecule has 0 aliphatic carbocycles.